The zero-order chi connectivity index (χ0) is 20.5. The average Bonchev–Trinajstić information content (AvgIpc) is 3.20. The van der Waals surface area contributed by atoms with E-state index < -0.39 is 0 Å². The van der Waals surface area contributed by atoms with Crippen molar-refractivity contribution in [2.45, 2.75) is 0 Å². The van der Waals surface area contributed by atoms with Crippen molar-refractivity contribution in [1.29, 1.82) is 0 Å². The smallest absolute Gasteiger partial charge is 0.187 e. The van der Waals surface area contributed by atoms with Gasteiger partial charge in [0.05, 0.1) is 23.6 Å². The zero-order valence-electron chi connectivity index (χ0n) is 16.3. The maximum atomic E-state index is 6.52. The Balaban J connectivity index is 1.56. The first-order valence-corrected chi connectivity index (χ1v) is 10.8. The van der Waals surface area contributed by atoms with Crippen molar-refractivity contribution in [2.75, 3.05) is 43.6 Å². The van der Waals surface area contributed by atoms with E-state index >= 15 is 0 Å². The lowest BCUT2D eigenvalue weighted by molar-refractivity contribution is 0.122. The number of rotatable bonds is 4. The Kier molecular flexibility index (Phi) is 5.20. The number of thiazole rings is 1. The van der Waals surface area contributed by atoms with Gasteiger partial charge in [-0.3, -0.25) is 4.98 Å². The predicted molar refractivity (Wildman–Crippen MR) is 121 cm³/mol. The molecule has 30 heavy (non-hydrogen) atoms. The summed E-state index contributed by atoms with van der Waals surface area (Å²) in [5.74, 6) is 1.40. The average molecular weight is 439 g/mol. The molecule has 1 saturated heterocycles. The standard InChI is InChI=1S/C21H19ClN6OS/c1-23-20-15-11-13(17-18(22)26-21(30-17)28-7-9-29-10-8-28)4-5-16(15)25-19(27-20)14-3-2-6-24-12-14/h2-6,11-12H,7-10H2,1H3,(H,23,25,27). The molecule has 4 heterocycles. The van der Waals surface area contributed by atoms with Crippen LogP contribution in [0.2, 0.25) is 5.15 Å². The van der Waals surface area contributed by atoms with Gasteiger partial charge in [-0.1, -0.05) is 29.0 Å². The third kappa shape index (κ3) is 3.58. The number of hydrogen-bond donors (Lipinski definition) is 1. The minimum Gasteiger partial charge on any atom is -0.378 e. The third-order valence-corrected chi connectivity index (χ3v) is 6.52. The summed E-state index contributed by atoms with van der Waals surface area (Å²) in [5.41, 5.74) is 2.73. The van der Waals surface area contributed by atoms with E-state index in [9.17, 15) is 0 Å². The number of morpholine rings is 1. The number of nitrogens with zero attached hydrogens (tertiary/aromatic N) is 5. The Hall–Kier alpha value is -2.81. The number of fused-ring (bicyclic) bond motifs is 1. The molecule has 7 nitrogen and oxygen atoms in total. The van der Waals surface area contributed by atoms with Gasteiger partial charge in [-0.25, -0.2) is 15.0 Å². The summed E-state index contributed by atoms with van der Waals surface area (Å²) in [6.45, 7) is 3.08. The van der Waals surface area contributed by atoms with Crippen LogP contribution < -0.4 is 10.2 Å². The molecular weight excluding hydrogens is 420 g/mol. The minimum atomic E-state index is 0.514. The minimum absolute atomic E-state index is 0.514. The number of pyridine rings is 1. The molecule has 0 atom stereocenters. The largest absolute Gasteiger partial charge is 0.378 e. The second-order valence-electron chi connectivity index (χ2n) is 6.84. The van der Waals surface area contributed by atoms with Crippen LogP contribution in [-0.2, 0) is 4.74 Å². The summed E-state index contributed by atoms with van der Waals surface area (Å²) in [6.07, 6.45) is 3.50. The van der Waals surface area contributed by atoms with E-state index in [2.05, 4.69) is 26.3 Å². The van der Waals surface area contributed by atoms with Gasteiger partial charge in [0.2, 0.25) is 0 Å². The Morgan fingerprint density at radius 1 is 1.10 bits per heavy atom. The van der Waals surface area contributed by atoms with Crippen LogP contribution in [0.3, 0.4) is 0 Å². The number of halogens is 1. The zero-order valence-corrected chi connectivity index (χ0v) is 17.9. The highest BCUT2D eigenvalue weighted by atomic mass is 35.5. The molecule has 0 bridgehead atoms. The van der Waals surface area contributed by atoms with Crippen LogP contribution in [0.1, 0.15) is 0 Å². The highest BCUT2D eigenvalue weighted by Crippen LogP contribution is 2.39. The van der Waals surface area contributed by atoms with Gasteiger partial charge in [0.1, 0.15) is 11.0 Å². The molecule has 9 heteroatoms. The third-order valence-electron chi connectivity index (χ3n) is 4.97. The lowest BCUT2D eigenvalue weighted by Crippen LogP contribution is -2.36. The van der Waals surface area contributed by atoms with Gasteiger partial charge in [-0.15, -0.1) is 0 Å². The predicted octanol–water partition coefficient (Wildman–Crippen LogP) is 4.35. The van der Waals surface area contributed by atoms with Crippen LogP contribution in [0.25, 0.3) is 32.7 Å². The van der Waals surface area contributed by atoms with Crippen LogP contribution in [0.5, 0.6) is 0 Å². The van der Waals surface area contributed by atoms with Crippen LogP contribution in [0.4, 0.5) is 10.9 Å². The fourth-order valence-electron chi connectivity index (χ4n) is 3.44. The van der Waals surface area contributed by atoms with Crippen molar-refractivity contribution in [3.05, 3.63) is 47.9 Å². The van der Waals surface area contributed by atoms with Crippen molar-refractivity contribution in [3.8, 4) is 21.8 Å². The molecule has 1 aromatic carbocycles. The summed E-state index contributed by atoms with van der Waals surface area (Å²) >= 11 is 8.12. The SMILES string of the molecule is CNc1nc(-c2cccnc2)nc2ccc(-c3sc(N4CCOCC4)nc3Cl)cc12. The molecule has 0 unspecified atom stereocenters. The maximum Gasteiger partial charge on any atom is 0.187 e. The number of anilines is 2. The molecule has 1 aliphatic rings. The first kappa shape index (κ1) is 19.2. The van der Waals surface area contributed by atoms with Gasteiger partial charge < -0.3 is 15.0 Å². The number of nitrogens with one attached hydrogen (secondary N) is 1. The van der Waals surface area contributed by atoms with E-state index in [1.54, 1.807) is 23.7 Å². The van der Waals surface area contributed by atoms with Crippen molar-refractivity contribution < 1.29 is 4.74 Å². The van der Waals surface area contributed by atoms with E-state index in [1.807, 2.05) is 31.3 Å². The second-order valence-corrected chi connectivity index (χ2v) is 8.17. The van der Waals surface area contributed by atoms with E-state index in [-0.39, 0.29) is 0 Å². The van der Waals surface area contributed by atoms with E-state index in [4.69, 9.17) is 26.3 Å². The fraction of sp³-hybridized carbons (Fsp3) is 0.238. The van der Waals surface area contributed by atoms with Crippen molar-refractivity contribution in [2.24, 2.45) is 0 Å². The molecule has 0 spiro atoms. The van der Waals surface area contributed by atoms with Gasteiger partial charge in [-0.2, -0.15) is 0 Å². The van der Waals surface area contributed by atoms with Gasteiger partial charge in [0.15, 0.2) is 11.0 Å². The highest BCUT2D eigenvalue weighted by molar-refractivity contribution is 7.19. The molecule has 0 saturated carbocycles. The molecular formula is C21H19ClN6OS. The van der Waals surface area contributed by atoms with Crippen LogP contribution in [0.15, 0.2) is 42.7 Å². The molecule has 1 aliphatic heterocycles. The van der Waals surface area contributed by atoms with Crippen LogP contribution >= 0.6 is 22.9 Å². The molecule has 0 radical (unpaired) electrons. The topological polar surface area (TPSA) is 76.1 Å². The monoisotopic (exact) mass is 438 g/mol. The van der Waals surface area contributed by atoms with E-state index in [0.717, 1.165) is 50.9 Å². The Morgan fingerprint density at radius 2 is 1.97 bits per heavy atom. The Labute approximate surface area is 182 Å². The normalized spacial score (nSPS) is 14.3. The number of benzene rings is 1. The van der Waals surface area contributed by atoms with Crippen molar-refractivity contribution >= 4 is 44.8 Å². The Morgan fingerprint density at radius 3 is 2.73 bits per heavy atom. The molecule has 152 valence electrons. The number of hydrogen-bond acceptors (Lipinski definition) is 8. The number of ether oxygens (including phenoxy) is 1. The maximum absolute atomic E-state index is 6.52. The summed E-state index contributed by atoms with van der Waals surface area (Å²) < 4.78 is 5.44. The van der Waals surface area contributed by atoms with Crippen molar-refractivity contribution in [1.82, 2.24) is 19.9 Å². The molecule has 3 aromatic heterocycles. The first-order valence-electron chi connectivity index (χ1n) is 9.62. The van der Waals surface area contributed by atoms with Crippen molar-refractivity contribution in [3.63, 3.8) is 0 Å². The molecule has 0 aliphatic carbocycles. The number of aromatic nitrogens is 4. The first-order chi connectivity index (χ1) is 14.7. The fourth-order valence-corrected chi connectivity index (χ4v) is 4.80. The summed E-state index contributed by atoms with van der Waals surface area (Å²) in [4.78, 5) is 21.3. The summed E-state index contributed by atoms with van der Waals surface area (Å²) in [7, 11) is 1.86. The second kappa shape index (κ2) is 8.14. The Bertz CT molecular complexity index is 1190. The van der Waals surface area contributed by atoms with Crippen LogP contribution in [0, 0.1) is 0 Å². The molecule has 5 rings (SSSR count). The molecule has 1 N–H and O–H groups in total. The van der Waals surface area contributed by atoms with Crippen LogP contribution in [-0.4, -0.2) is 53.3 Å². The molecule has 1 fully saturated rings. The highest BCUT2D eigenvalue weighted by Gasteiger charge is 2.19. The van der Waals surface area contributed by atoms with Gasteiger partial charge in [0.25, 0.3) is 0 Å². The van der Waals surface area contributed by atoms with Gasteiger partial charge in [0, 0.05) is 43.5 Å². The quantitative estimate of drug-likeness (QED) is 0.507. The lowest BCUT2D eigenvalue weighted by atomic mass is 10.1. The lowest BCUT2D eigenvalue weighted by Gasteiger charge is -2.25. The van der Waals surface area contributed by atoms with Gasteiger partial charge in [-0.05, 0) is 29.8 Å². The van der Waals surface area contributed by atoms with E-state index in [0.29, 0.717) is 24.2 Å². The summed E-state index contributed by atoms with van der Waals surface area (Å²) in [5, 5.41) is 5.56. The van der Waals surface area contributed by atoms with Gasteiger partial charge >= 0.3 is 0 Å². The van der Waals surface area contributed by atoms with E-state index in [1.165, 1.54) is 0 Å². The summed E-state index contributed by atoms with van der Waals surface area (Å²) in [6, 6.07) is 9.92. The molecule has 0 amide bonds. The molecule has 4 aromatic rings.